The number of nitriles is 1. The lowest BCUT2D eigenvalue weighted by Crippen LogP contribution is -2.31. The highest BCUT2D eigenvalue weighted by Crippen LogP contribution is 1.96. The van der Waals surface area contributed by atoms with Gasteiger partial charge in [-0.25, -0.2) is 5.84 Å². The molecule has 5 heteroatoms. The Labute approximate surface area is 84.8 Å². The topological polar surface area (TPSA) is 82.2 Å². The van der Waals surface area contributed by atoms with Crippen LogP contribution in [-0.4, -0.2) is 30.4 Å². The number of nitrogens with zero attached hydrogens (tertiary/aromatic N) is 2. The van der Waals surface area contributed by atoms with Crippen LogP contribution in [0.15, 0.2) is 0 Å². The van der Waals surface area contributed by atoms with Crippen molar-refractivity contribution in [2.24, 2.45) is 5.84 Å². The molecule has 0 fully saturated rings. The van der Waals surface area contributed by atoms with Gasteiger partial charge in [-0.15, -0.1) is 0 Å². The number of carbonyl (C=O) groups excluding carboxylic acids is 1. The Hall–Kier alpha value is -1.12. The molecule has 0 unspecified atom stereocenters. The van der Waals surface area contributed by atoms with Gasteiger partial charge in [0.25, 0.3) is 0 Å². The molecule has 0 rings (SSSR count). The highest BCUT2D eigenvalue weighted by molar-refractivity contribution is 5.75. The average Bonchev–Trinajstić information content (AvgIpc) is 2.22. The number of amides is 1. The van der Waals surface area contributed by atoms with Crippen molar-refractivity contribution in [1.29, 1.82) is 5.26 Å². The van der Waals surface area contributed by atoms with E-state index >= 15 is 0 Å². The van der Waals surface area contributed by atoms with Crippen molar-refractivity contribution in [2.45, 2.75) is 26.2 Å². The van der Waals surface area contributed by atoms with Crippen molar-refractivity contribution in [3.8, 4) is 6.07 Å². The first-order valence-corrected chi connectivity index (χ1v) is 4.83. The second-order valence-electron chi connectivity index (χ2n) is 3.01. The molecule has 0 heterocycles. The van der Waals surface area contributed by atoms with E-state index in [1.807, 2.05) is 6.92 Å². The minimum absolute atomic E-state index is 0.138. The molecular formula is C9H18N4O. The SMILES string of the molecule is CCN(CCC#N)CCCC(=O)NN. The second kappa shape index (κ2) is 8.48. The van der Waals surface area contributed by atoms with E-state index in [-0.39, 0.29) is 5.91 Å². The lowest BCUT2D eigenvalue weighted by molar-refractivity contribution is -0.121. The Kier molecular flexibility index (Phi) is 7.80. The fraction of sp³-hybridized carbons (Fsp3) is 0.778. The van der Waals surface area contributed by atoms with E-state index in [1.54, 1.807) is 0 Å². The van der Waals surface area contributed by atoms with Gasteiger partial charge in [0.05, 0.1) is 6.07 Å². The van der Waals surface area contributed by atoms with Crippen LogP contribution in [0.5, 0.6) is 0 Å². The summed E-state index contributed by atoms with van der Waals surface area (Å²) in [5.74, 6) is 4.81. The average molecular weight is 198 g/mol. The zero-order valence-corrected chi connectivity index (χ0v) is 8.62. The van der Waals surface area contributed by atoms with Crippen molar-refractivity contribution < 1.29 is 4.79 Å². The zero-order valence-electron chi connectivity index (χ0n) is 8.62. The first-order valence-electron chi connectivity index (χ1n) is 4.83. The van der Waals surface area contributed by atoms with Gasteiger partial charge >= 0.3 is 0 Å². The third kappa shape index (κ3) is 6.40. The van der Waals surface area contributed by atoms with Crippen molar-refractivity contribution >= 4 is 5.91 Å². The van der Waals surface area contributed by atoms with Crippen molar-refractivity contribution in [2.75, 3.05) is 19.6 Å². The third-order valence-corrected chi connectivity index (χ3v) is 2.03. The van der Waals surface area contributed by atoms with Gasteiger partial charge in [0.2, 0.25) is 5.91 Å². The minimum Gasteiger partial charge on any atom is -0.303 e. The molecule has 0 saturated carbocycles. The molecule has 3 N–H and O–H groups in total. The first kappa shape index (κ1) is 12.9. The standard InChI is InChI=1S/C9H18N4O/c1-2-13(8-4-6-10)7-3-5-9(14)12-11/h2-5,7-8,11H2,1H3,(H,12,14). The summed E-state index contributed by atoms with van der Waals surface area (Å²) in [6, 6.07) is 2.10. The summed E-state index contributed by atoms with van der Waals surface area (Å²) in [7, 11) is 0. The van der Waals surface area contributed by atoms with Crippen LogP contribution < -0.4 is 11.3 Å². The third-order valence-electron chi connectivity index (χ3n) is 2.03. The first-order chi connectivity index (χ1) is 6.74. The summed E-state index contributed by atoms with van der Waals surface area (Å²) < 4.78 is 0. The van der Waals surface area contributed by atoms with Gasteiger partial charge in [0.1, 0.15) is 0 Å². The number of nitrogens with two attached hydrogens (primary N) is 1. The lowest BCUT2D eigenvalue weighted by Gasteiger charge is -2.18. The van der Waals surface area contributed by atoms with Gasteiger partial charge in [-0.3, -0.25) is 10.2 Å². The van der Waals surface area contributed by atoms with Crippen LogP contribution >= 0.6 is 0 Å². The van der Waals surface area contributed by atoms with E-state index in [0.29, 0.717) is 12.8 Å². The van der Waals surface area contributed by atoms with Crippen LogP contribution in [0, 0.1) is 11.3 Å². The molecule has 0 aromatic rings. The monoisotopic (exact) mass is 198 g/mol. The lowest BCUT2D eigenvalue weighted by atomic mass is 10.2. The number of hydrogen-bond acceptors (Lipinski definition) is 4. The number of rotatable bonds is 7. The molecule has 0 aliphatic carbocycles. The van der Waals surface area contributed by atoms with E-state index in [2.05, 4.69) is 16.4 Å². The van der Waals surface area contributed by atoms with Crippen LogP contribution in [0.1, 0.15) is 26.2 Å². The maximum atomic E-state index is 10.8. The van der Waals surface area contributed by atoms with Crippen LogP contribution in [-0.2, 0) is 4.79 Å². The molecule has 0 aliphatic heterocycles. The predicted octanol–water partition coefficient (Wildman–Crippen LogP) is -0.00792. The van der Waals surface area contributed by atoms with E-state index in [9.17, 15) is 4.79 Å². The number of hydrogen-bond donors (Lipinski definition) is 2. The maximum absolute atomic E-state index is 10.8. The molecule has 0 spiro atoms. The largest absolute Gasteiger partial charge is 0.303 e. The Balaban J connectivity index is 3.52. The molecule has 0 radical (unpaired) electrons. The van der Waals surface area contributed by atoms with Crippen molar-refractivity contribution in [1.82, 2.24) is 10.3 Å². The highest BCUT2D eigenvalue weighted by Gasteiger charge is 2.03. The molecule has 14 heavy (non-hydrogen) atoms. The predicted molar refractivity (Wildman–Crippen MR) is 53.9 cm³/mol. The molecule has 0 saturated heterocycles. The fourth-order valence-electron chi connectivity index (χ4n) is 1.17. The summed E-state index contributed by atoms with van der Waals surface area (Å²) in [6.45, 7) is 4.56. The van der Waals surface area contributed by atoms with Gasteiger partial charge in [-0.2, -0.15) is 5.26 Å². The van der Waals surface area contributed by atoms with Crippen LogP contribution in [0.25, 0.3) is 0 Å². The molecule has 0 aromatic heterocycles. The molecular weight excluding hydrogens is 180 g/mol. The van der Waals surface area contributed by atoms with Gasteiger partial charge in [-0.05, 0) is 19.5 Å². The van der Waals surface area contributed by atoms with Crippen LogP contribution in [0.3, 0.4) is 0 Å². The molecule has 0 aliphatic rings. The second-order valence-corrected chi connectivity index (χ2v) is 3.01. The van der Waals surface area contributed by atoms with Gasteiger partial charge in [-0.1, -0.05) is 6.92 Å². The summed E-state index contributed by atoms with van der Waals surface area (Å²) in [4.78, 5) is 12.9. The molecule has 80 valence electrons. The minimum atomic E-state index is -0.138. The summed E-state index contributed by atoms with van der Waals surface area (Å²) in [5.41, 5.74) is 2.09. The highest BCUT2D eigenvalue weighted by atomic mass is 16.2. The smallest absolute Gasteiger partial charge is 0.233 e. The van der Waals surface area contributed by atoms with Crippen molar-refractivity contribution in [3.05, 3.63) is 0 Å². The van der Waals surface area contributed by atoms with Gasteiger partial charge in [0.15, 0.2) is 0 Å². The number of nitrogens with one attached hydrogen (secondary N) is 1. The summed E-state index contributed by atoms with van der Waals surface area (Å²) in [5, 5.41) is 8.41. The molecule has 1 amide bonds. The Morgan fingerprint density at radius 2 is 2.29 bits per heavy atom. The van der Waals surface area contributed by atoms with E-state index in [0.717, 1.165) is 26.1 Å². The summed E-state index contributed by atoms with van der Waals surface area (Å²) >= 11 is 0. The van der Waals surface area contributed by atoms with Gasteiger partial charge < -0.3 is 4.90 Å². The Morgan fingerprint density at radius 3 is 2.79 bits per heavy atom. The maximum Gasteiger partial charge on any atom is 0.233 e. The van der Waals surface area contributed by atoms with Gasteiger partial charge in [0, 0.05) is 19.4 Å². The zero-order chi connectivity index (χ0) is 10.8. The quantitative estimate of drug-likeness (QED) is 0.342. The molecule has 0 atom stereocenters. The van der Waals surface area contributed by atoms with E-state index in [1.165, 1.54) is 0 Å². The Bertz CT molecular complexity index is 199. The fourth-order valence-corrected chi connectivity index (χ4v) is 1.17. The molecule has 5 nitrogen and oxygen atoms in total. The molecule has 0 bridgehead atoms. The number of carbonyl (C=O) groups is 1. The van der Waals surface area contributed by atoms with E-state index in [4.69, 9.17) is 11.1 Å². The van der Waals surface area contributed by atoms with Crippen LogP contribution in [0.2, 0.25) is 0 Å². The number of hydrazine groups is 1. The van der Waals surface area contributed by atoms with Crippen molar-refractivity contribution in [3.63, 3.8) is 0 Å². The van der Waals surface area contributed by atoms with Crippen LogP contribution in [0.4, 0.5) is 0 Å². The molecule has 0 aromatic carbocycles. The van der Waals surface area contributed by atoms with E-state index < -0.39 is 0 Å². The Morgan fingerprint density at radius 1 is 1.57 bits per heavy atom. The summed E-state index contributed by atoms with van der Waals surface area (Å²) in [6.07, 6.45) is 1.76. The normalized spacial score (nSPS) is 9.86.